The number of hydrogen-bond donors (Lipinski definition) is 1. The number of aliphatic carboxylic acids is 1. The maximum absolute atomic E-state index is 12.2. The van der Waals surface area contributed by atoms with Crippen molar-refractivity contribution >= 4 is 11.9 Å². The Balaban J connectivity index is 1.57. The van der Waals surface area contributed by atoms with Gasteiger partial charge in [0.25, 0.3) is 0 Å². The minimum absolute atomic E-state index is 0.0921. The maximum atomic E-state index is 12.2. The lowest BCUT2D eigenvalue weighted by Crippen LogP contribution is -2.45. The summed E-state index contributed by atoms with van der Waals surface area (Å²) in [5, 5.41) is 9.21. The molecule has 2 saturated heterocycles. The molecular formula is C21H28N2O4. The van der Waals surface area contributed by atoms with Gasteiger partial charge in [-0.2, -0.15) is 0 Å². The summed E-state index contributed by atoms with van der Waals surface area (Å²) < 4.78 is 6.35. The number of rotatable bonds is 1. The van der Waals surface area contributed by atoms with Crippen LogP contribution in [0.15, 0.2) is 18.2 Å². The van der Waals surface area contributed by atoms with Gasteiger partial charge in [0, 0.05) is 38.9 Å². The molecule has 0 bridgehead atoms. The van der Waals surface area contributed by atoms with E-state index in [4.69, 9.17) is 4.74 Å². The van der Waals surface area contributed by atoms with Gasteiger partial charge in [-0.05, 0) is 49.1 Å². The number of fused-ring (bicyclic) bond motifs is 1. The van der Waals surface area contributed by atoms with Gasteiger partial charge in [-0.1, -0.05) is 13.0 Å². The number of nitrogens with zero attached hydrogens (tertiary/aromatic N) is 2. The fraction of sp³-hybridized carbons (Fsp3) is 0.619. The SMILES string of the molecule is CC1CCC(c2ccc3c(c2)CC2(CCN(C)CC2)O3)N(C(=O)C(=O)O)C1. The molecule has 3 aliphatic rings. The molecule has 1 N–H and O–H groups in total. The van der Waals surface area contributed by atoms with E-state index in [9.17, 15) is 14.7 Å². The summed E-state index contributed by atoms with van der Waals surface area (Å²) in [5.74, 6) is -0.896. The van der Waals surface area contributed by atoms with Crippen molar-refractivity contribution in [3.05, 3.63) is 29.3 Å². The minimum Gasteiger partial charge on any atom is -0.487 e. The van der Waals surface area contributed by atoms with E-state index in [1.165, 1.54) is 5.56 Å². The number of hydrogen-bond acceptors (Lipinski definition) is 4. The lowest BCUT2D eigenvalue weighted by molar-refractivity contribution is -0.158. The van der Waals surface area contributed by atoms with Crippen molar-refractivity contribution in [1.29, 1.82) is 0 Å². The van der Waals surface area contributed by atoms with Gasteiger partial charge in [0.2, 0.25) is 0 Å². The van der Waals surface area contributed by atoms with Crippen molar-refractivity contribution in [2.24, 2.45) is 5.92 Å². The van der Waals surface area contributed by atoms with Gasteiger partial charge in [-0.15, -0.1) is 0 Å². The molecule has 146 valence electrons. The second-order valence-corrected chi connectivity index (χ2v) is 8.59. The molecule has 6 nitrogen and oxygen atoms in total. The van der Waals surface area contributed by atoms with E-state index >= 15 is 0 Å². The van der Waals surface area contributed by atoms with Gasteiger partial charge < -0.3 is 19.6 Å². The van der Waals surface area contributed by atoms with Crippen LogP contribution in [0.2, 0.25) is 0 Å². The second-order valence-electron chi connectivity index (χ2n) is 8.59. The zero-order valence-corrected chi connectivity index (χ0v) is 16.1. The topological polar surface area (TPSA) is 70.1 Å². The van der Waals surface area contributed by atoms with Crippen LogP contribution in [0.3, 0.4) is 0 Å². The lowest BCUT2D eigenvalue weighted by Gasteiger charge is -2.38. The number of amides is 1. The number of carbonyl (C=O) groups excluding carboxylic acids is 1. The Bertz CT molecular complexity index is 755. The van der Waals surface area contributed by atoms with Crippen LogP contribution < -0.4 is 4.74 Å². The molecule has 0 aliphatic carbocycles. The first-order valence-electron chi connectivity index (χ1n) is 9.91. The first kappa shape index (κ1) is 18.3. The monoisotopic (exact) mass is 372 g/mol. The van der Waals surface area contributed by atoms with Crippen molar-refractivity contribution in [2.75, 3.05) is 26.7 Å². The molecule has 1 amide bonds. The Morgan fingerprint density at radius 2 is 1.96 bits per heavy atom. The molecule has 0 saturated carbocycles. The lowest BCUT2D eigenvalue weighted by atomic mass is 9.85. The quantitative estimate of drug-likeness (QED) is 0.767. The summed E-state index contributed by atoms with van der Waals surface area (Å²) in [6.45, 7) is 4.66. The van der Waals surface area contributed by atoms with Gasteiger partial charge in [-0.3, -0.25) is 4.79 Å². The molecule has 0 aromatic heterocycles. The molecule has 1 spiro atoms. The van der Waals surface area contributed by atoms with Crippen LogP contribution in [0.1, 0.15) is 49.8 Å². The highest BCUT2D eigenvalue weighted by Crippen LogP contribution is 2.43. The third-order valence-corrected chi connectivity index (χ3v) is 6.47. The number of carboxylic acids is 1. The van der Waals surface area contributed by atoms with Crippen LogP contribution in [-0.4, -0.2) is 59.1 Å². The molecule has 6 heteroatoms. The van der Waals surface area contributed by atoms with Crippen molar-refractivity contribution in [3.63, 3.8) is 0 Å². The molecule has 2 atom stereocenters. The van der Waals surface area contributed by atoms with Gasteiger partial charge in [0.05, 0.1) is 6.04 Å². The van der Waals surface area contributed by atoms with Crippen LogP contribution in [0, 0.1) is 5.92 Å². The molecule has 1 aromatic rings. The first-order chi connectivity index (χ1) is 12.9. The molecule has 2 unspecified atom stereocenters. The van der Waals surface area contributed by atoms with Crippen molar-refractivity contribution in [2.45, 2.75) is 50.7 Å². The van der Waals surface area contributed by atoms with Gasteiger partial charge in [0.15, 0.2) is 0 Å². The Hall–Kier alpha value is -2.08. The summed E-state index contributed by atoms with van der Waals surface area (Å²) in [6.07, 6.45) is 4.75. The smallest absolute Gasteiger partial charge is 0.394 e. The fourth-order valence-electron chi connectivity index (χ4n) is 4.81. The van der Waals surface area contributed by atoms with Crippen molar-refractivity contribution < 1.29 is 19.4 Å². The third-order valence-electron chi connectivity index (χ3n) is 6.47. The minimum atomic E-state index is -1.37. The number of carbonyl (C=O) groups is 2. The van der Waals surface area contributed by atoms with E-state index in [1.54, 1.807) is 4.90 Å². The van der Waals surface area contributed by atoms with E-state index in [-0.39, 0.29) is 11.6 Å². The zero-order chi connectivity index (χ0) is 19.2. The van der Waals surface area contributed by atoms with Crippen LogP contribution in [0.25, 0.3) is 0 Å². The molecule has 0 radical (unpaired) electrons. The Labute approximate surface area is 160 Å². The van der Waals surface area contributed by atoms with E-state index in [0.29, 0.717) is 12.5 Å². The van der Waals surface area contributed by atoms with Gasteiger partial charge in [0.1, 0.15) is 11.4 Å². The number of benzene rings is 1. The number of ether oxygens (including phenoxy) is 1. The highest BCUT2D eigenvalue weighted by Gasteiger charge is 2.42. The average molecular weight is 372 g/mol. The van der Waals surface area contributed by atoms with E-state index in [1.807, 2.05) is 12.1 Å². The predicted octanol–water partition coefficient (Wildman–Crippen LogP) is 2.47. The average Bonchev–Trinajstić information content (AvgIpc) is 3.00. The summed E-state index contributed by atoms with van der Waals surface area (Å²) >= 11 is 0. The fourth-order valence-corrected chi connectivity index (χ4v) is 4.81. The molecule has 3 heterocycles. The zero-order valence-electron chi connectivity index (χ0n) is 16.1. The largest absolute Gasteiger partial charge is 0.487 e. The van der Waals surface area contributed by atoms with Crippen molar-refractivity contribution in [3.8, 4) is 5.75 Å². The standard InChI is InChI=1S/C21H28N2O4/c1-14-3-5-17(23(13-14)19(24)20(25)26)15-4-6-18-16(11-15)12-21(27-18)7-9-22(2)10-8-21/h4,6,11,14,17H,3,5,7-10,12-13H2,1-2H3,(H,25,26). The highest BCUT2D eigenvalue weighted by molar-refractivity contribution is 6.31. The van der Waals surface area contributed by atoms with E-state index in [2.05, 4.69) is 24.9 Å². The maximum Gasteiger partial charge on any atom is 0.394 e. The second kappa shape index (κ2) is 6.82. The van der Waals surface area contributed by atoms with Gasteiger partial charge >= 0.3 is 11.9 Å². The number of piperidine rings is 2. The predicted molar refractivity (Wildman–Crippen MR) is 101 cm³/mol. The number of carboxylic acid groups (broad SMARTS) is 1. The van der Waals surface area contributed by atoms with Gasteiger partial charge in [-0.25, -0.2) is 4.79 Å². The normalized spacial score (nSPS) is 27.3. The third kappa shape index (κ3) is 3.43. The molecule has 1 aromatic carbocycles. The summed E-state index contributed by atoms with van der Waals surface area (Å²) in [7, 11) is 2.14. The summed E-state index contributed by atoms with van der Waals surface area (Å²) in [6, 6.07) is 6.00. The van der Waals surface area contributed by atoms with Crippen LogP contribution in [0.5, 0.6) is 5.75 Å². The summed E-state index contributed by atoms with van der Waals surface area (Å²) in [4.78, 5) is 27.4. The number of likely N-dealkylation sites (tertiary alicyclic amines) is 2. The Kier molecular flexibility index (Phi) is 4.62. The van der Waals surface area contributed by atoms with Crippen molar-refractivity contribution in [1.82, 2.24) is 9.80 Å². The van der Waals surface area contributed by atoms with E-state index in [0.717, 1.165) is 56.5 Å². The Morgan fingerprint density at radius 3 is 2.67 bits per heavy atom. The summed E-state index contributed by atoms with van der Waals surface area (Å²) in [5.41, 5.74) is 2.13. The van der Waals surface area contributed by atoms with Crippen LogP contribution in [0.4, 0.5) is 0 Å². The van der Waals surface area contributed by atoms with Crippen LogP contribution >= 0.6 is 0 Å². The molecule has 27 heavy (non-hydrogen) atoms. The molecule has 4 rings (SSSR count). The highest BCUT2D eigenvalue weighted by atomic mass is 16.5. The molecule has 2 fully saturated rings. The first-order valence-corrected chi connectivity index (χ1v) is 9.91. The van der Waals surface area contributed by atoms with E-state index < -0.39 is 11.9 Å². The molecular weight excluding hydrogens is 344 g/mol. The Morgan fingerprint density at radius 1 is 1.22 bits per heavy atom. The van der Waals surface area contributed by atoms with Crippen LogP contribution in [-0.2, 0) is 16.0 Å². The molecule has 3 aliphatic heterocycles.